The lowest BCUT2D eigenvalue weighted by molar-refractivity contribution is 0.296. The van der Waals surface area contributed by atoms with Gasteiger partial charge in [0.25, 0.3) is 0 Å². The van der Waals surface area contributed by atoms with E-state index in [9.17, 15) is 0 Å². The molecule has 1 aliphatic carbocycles. The monoisotopic (exact) mass is 243 g/mol. The molecule has 2 aromatic rings. The molecule has 18 heavy (non-hydrogen) atoms. The van der Waals surface area contributed by atoms with Gasteiger partial charge in [0, 0.05) is 6.04 Å². The summed E-state index contributed by atoms with van der Waals surface area (Å²) in [4.78, 5) is 4.49. The van der Waals surface area contributed by atoms with Gasteiger partial charge in [-0.25, -0.2) is 4.98 Å². The van der Waals surface area contributed by atoms with Crippen LogP contribution in [0.25, 0.3) is 11.0 Å². The lowest BCUT2D eigenvalue weighted by Gasteiger charge is -2.28. The van der Waals surface area contributed by atoms with Crippen molar-refractivity contribution in [2.24, 2.45) is 5.92 Å². The van der Waals surface area contributed by atoms with Crippen LogP contribution >= 0.6 is 0 Å². The van der Waals surface area contributed by atoms with Crippen LogP contribution in [-0.2, 0) is 0 Å². The smallest absolute Gasteiger partial charge is 0.201 e. The van der Waals surface area contributed by atoms with Gasteiger partial charge in [-0.3, -0.25) is 0 Å². The van der Waals surface area contributed by atoms with E-state index in [1.165, 1.54) is 36.8 Å². The maximum absolute atomic E-state index is 6.12. The first kappa shape index (κ1) is 11.6. The van der Waals surface area contributed by atoms with Crippen molar-refractivity contribution < 1.29 is 0 Å². The van der Waals surface area contributed by atoms with E-state index in [2.05, 4.69) is 41.6 Å². The molecule has 3 rings (SSSR count). The van der Waals surface area contributed by atoms with E-state index in [4.69, 9.17) is 5.73 Å². The molecule has 0 spiro atoms. The Kier molecular flexibility index (Phi) is 2.77. The summed E-state index contributed by atoms with van der Waals surface area (Å²) in [5.41, 5.74) is 9.62. The normalized spacial score (nSPS) is 24.6. The molecule has 1 saturated carbocycles. The Morgan fingerprint density at radius 2 is 1.94 bits per heavy atom. The second-order valence-electron chi connectivity index (χ2n) is 5.75. The summed E-state index contributed by atoms with van der Waals surface area (Å²) in [6, 6.07) is 6.91. The van der Waals surface area contributed by atoms with E-state index in [0.717, 1.165) is 11.4 Å². The minimum absolute atomic E-state index is 0.535. The van der Waals surface area contributed by atoms with Gasteiger partial charge in [-0.15, -0.1) is 0 Å². The Hall–Kier alpha value is -1.51. The maximum Gasteiger partial charge on any atom is 0.201 e. The first-order valence-electron chi connectivity index (χ1n) is 6.89. The largest absolute Gasteiger partial charge is 0.369 e. The lowest BCUT2D eigenvalue weighted by Crippen LogP contribution is -2.18. The number of imidazole rings is 1. The first-order chi connectivity index (χ1) is 8.65. The molecule has 1 aromatic carbocycles. The molecule has 0 radical (unpaired) electrons. The molecule has 0 saturated heterocycles. The van der Waals surface area contributed by atoms with Crippen LogP contribution in [0.15, 0.2) is 18.2 Å². The zero-order chi connectivity index (χ0) is 12.7. The molecular weight excluding hydrogens is 222 g/mol. The van der Waals surface area contributed by atoms with Gasteiger partial charge >= 0.3 is 0 Å². The molecule has 1 heterocycles. The van der Waals surface area contributed by atoms with Crippen molar-refractivity contribution >= 4 is 17.0 Å². The van der Waals surface area contributed by atoms with E-state index in [1.807, 2.05) is 0 Å². The number of hydrogen-bond acceptors (Lipinski definition) is 2. The van der Waals surface area contributed by atoms with Crippen molar-refractivity contribution in [2.45, 2.75) is 45.6 Å². The Labute approximate surface area is 108 Å². The van der Waals surface area contributed by atoms with Crippen LogP contribution in [0.3, 0.4) is 0 Å². The van der Waals surface area contributed by atoms with E-state index >= 15 is 0 Å². The number of hydrogen-bond donors (Lipinski definition) is 1. The molecule has 0 aliphatic heterocycles. The van der Waals surface area contributed by atoms with Gasteiger partial charge in [-0.05, 0) is 56.2 Å². The summed E-state index contributed by atoms with van der Waals surface area (Å²) >= 11 is 0. The number of nitrogen functional groups attached to an aromatic ring is 1. The fourth-order valence-corrected chi connectivity index (χ4v) is 3.11. The predicted octanol–water partition coefficient (Wildman–Crippen LogP) is 3.68. The van der Waals surface area contributed by atoms with Crippen LogP contribution < -0.4 is 5.73 Å². The minimum atomic E-state index is 0.535. The third-order valence-electron chi connectivity index (χ3n) is 4.22. The summed E-state index contributed by atoms with van der Waals surface area (Å²) in [6.45, 7) is 4.46. The summed E-state index contributed by atoms with van der Waals surface area (Å²) in [5, 5.41) is 0. The summed E-state index contributed by atoms with van der Waals surface area (Å²) in [5.74, 6) is 1.54. The molecule has 1 aromatic heterocycles. The topological polar surface area (TPSA) is 43.8 Å². The first-order valence-corrected chi connectivity index (χ1v) is 6.89. The SMILES string of the molecule is Cc1ccc2nc(N)n(C3CCC(C)CC3)c2c1. The quantitative estimate of drug-likeness (QED) is 0.830. The Bertz CT molecular complexity index is 562. The highest BCUT2D eigenvalue weighted by molar-refractivity contribution is 5.79. The molecule has 0 bridgehead atoms. The molecular formula is C15H21N3. The van der Waals surface area contributed by atoms with Crippen molar-refractivity contribution in [3.63, 3.8) is 0 Å². The number of fused-ring (bicyclic) bond motifs is 1. The van der Waals surface area contributed by atoms with Gasteiger partial charge in [0.1, 0.15) is 0 Å². The van der Waals surface area contributed by atoms with E-state index in [-0.39, 0.29) is 0 Å². The van der Waals surface area contributed by atoms with Crippen LogP contribution in [0.1, 0.15) is 44.2 Å². The van der Waals surface area contributed by atoms with E-state index < -0.39 is 0 Å². The highest BCUT2D eigenvalue weighted by atomic mass is 15.2. The molecule has 0 amide bonds. The number of aromatic nitrogens is 2. The van der Waals surface area contributed by atoms with Crippen LogP contribution in [0.5, 0.6) is 0 Å². The van der Waals surface area contributed by atoms with Crippen molar-refractivity contribution in [3.8, 4) is 0 Å². The molecule has 96 valence electrons. The van der Waals surface area contributed by atoms with Crippen molar-refractivity contribution in [1.29, 1.82) is 0 Å². The average molecular weight is 243 g/mol. The van der Waals surface area contributed by atoms with Gasteiger partial charge in [0.15, 0.2) is 0 Å². The fraction of sp³-hybridized carbons (Fsp3) is 0.533. The van der Waals surface area contributed by atoms with Gasteiger partial charge < -0.3 is 10.3 Å². The van der Waals surface area contributed by atoms with Gasteiger partial charge in [0.2, 0.25) is 5.95 Å². The molecule has 3 heteroatoms. The van der Waals surface area contributed by atoms with Crippen molar-refractivity contribution in [2.75, 3.05) is 5.73 Å². The van der Waals surface area contributed by atoms with Gasteiger partial charge in [0.05, 0.1) is 11.0 Å². The molecule has 1 aliphatic rings. The number of aryl methyl sites for hydroxylation is 1. The number of rotatable bonds is 1. The fourth-order valence-electron chi connectivity index (χ4n) is 3.11. The second kappa shape index (κ2) is 4.30. The number of benzene rings is 1. The number of anilines is 1. The summed E-state index contributed by atoms with van der Waals surface area (Å²) in [7, 11) is 0. The van der Waals surface area contributed by atoms with E-state index in [1.54, 1.807) is 0 Å². The minimum Gasteiger partial charge on any atom is -0.369 e. The number of nitrogens with two attached hydrogens (primary N) is 1. The third-order valence-corrected chi connectivity index (χ3v) is 4.22. The predicted molar refractivity (Wildman–Crippen MR) is 75.6 cm³/mol. The lowest BCUT2D eigenvalue weighted by atomic mass is 9.87. The van der Waals surface area contributed by atoms with Crippen molar-refractivity contribution in [1.82, 2.24) is 9.55 Å². The molecule has 0 unspecified atom stereocenters. The molecule has 1 fully saturated rings. The zero-order valence-electron chi connectivity index (χ0n) is 11.2. The third kappa shape index (κ3) is 1.88. The highest BCUT2D eigenvalue weighted by Crippen LogP contribution is 2.35. The maximum atomic E-state index is 6.12. The Morgan fingerprint density at radius 1 is 1.22 bits per heavy atom. The van der Waals surface area contributed by atoms with E-state index in [0.29, 0.717) is 12.0 Å². The van der Waals surface area contributed by atoms with Crippen LogP contribution in [0, 0.1) is 12.8 Å². The Morgan fingerprint density at radius 3 is 2.67 bits per heavy atom. The molecule has 3 nitrogen and oxygen atoms in total. The second-order valence-corrected chi connectivity index (χ2v) is 5.75. The summed E-state index contributed by atoms with van der Waals surface area (Å²) in [6.07, 6.45) is 5.06. The zero-order valence-corrected chi connectivity index (χ0v) is 11.2. The molecule has 2 N–H and O–H groups in total. The van der Waals surface area contributed by atoms with Crippen LogP contribution in [-0.4, -0.2) is 9.55 Å². The molecule has 0 atom stereocenters. The van der Waals surface area contributed by atoms with Gasteiger partial charge in [-0.1, -0.05) is 13.0 Å². The van der Waals surface area contributed by atoms with Crippen molar-refractivity contribution in [3.05, 3.63) is 23.8 Å². The Balaban J connectivity index is 2.05. The highest BCUT2D eigenvalue weighted by Gasteiger charge is 2.23. The van der Waals surface area contributed by atoms with Crippen LogP contribution in [0.2, 0.25) is 0 Å². The standard InChI is InChI=1S/C15H21N3/c1-10-3-6-12(7-4-10)18-14-9-11(2)5-8-13(14)17-15(18)16/h5,8-10,12H,3-4,6-7H2,1-2H3,(H2,16,17). The van der Waals surface area contributed by atoms with Gasteiger partial charge in [-0.2, -0.15) is 0 Å². The van der Waals surface area contributed by atoms with Crippen LogP contribution in [0.4, 0.5) is 5.95 Å². The summed E-state index contributed by atoms with van der Waals surface area (Å²) < 4.78 is 2.26. The average Bonchev–Trinajstić information content (AvgIpc) is 2.66. The number of nitrogens with zero attached hydrogens (tertiary/aromatic N) is 2.